The van der Waals surface area contributed by atoms with Crippen LogP contribution in [0.1, 0.15) is 30.1 Å². The van der Waals surface area contributed by atoms with E-state index in [9.17, 15) is 9.59 Å². The predicted octanol–water partition coefficient (Wildman–Crippen LogP) is 2.19. The largest absolute Gasteiger partial charge is 0.352 e. The van der Waals surface area contributed by atoms with Gasteiger partial charge in [-0.15, -0.1) is 0 Å². The first-order valence-corrected chi connectivity index (χ1v) is 11.6. The molecule has 1 saturated heterocycles. The van der Waals surface area contributed by atoms with Gasteiger partial charge in [-0.05, 0) is 43.2 Å². The molecule has 3 heterocycles. The first-order chi connectivity index (χ1) is 17.0. The summed E-state index contributed by atoms with van der Waals surface area (Å²) in [4.78, 5) is 45.9. The van der Waals surface area contributed by atoms with E-state index in [4.69, 9.17) is 0 Å². The highest BCUT2D eigenvalue weighted by Crippen LogP contribution is 2.24. The summed E-state index contributed by atoms with van der Waals surface area (Å²) >= 11 is 0. The molecule has 0 bridgehead atoms. The van der Waals surface area contributed by atoms with E-state index >= 15 is 0 Å². The number of nitrogens with zero attached hydrogens (tertiary/aromatic N) is 6. The summed E-state index contributed by atoms with van der Waals surface area (Å²) in [6.45, 7) is 4.21. The number of pyridine rings is 1. The molecule has 3 aromatic rings. The Morgan fingerprint density at radius 3 is 2.49 bits per heavy atom. The van der Waals surface area contributed by atoms with Gasteiger partial charge in [0.1, 0.15) is 12.1 Å². The molecule has 2 aliphatic rings. The van der Waals surface area contributed by atoms with Crippen molar-refractivity contribution in [1.29, 1.82) is 0 Å². The van der Waals surface area contributed by atoms with E-state index in [1.165, 1.54) is 13.3 Å². The fraction of sp³-hybridized carbons (Fsp3) is 0.333. The fourth-order valence-corrected chi connectivity index (χ4v) is 3.94. The third kappa shape index (κ3) is 5.62. The van der Waals surface area contributed by atoms with Crippen LogP contribution in [0.2, 0.25) is 0 Å². The number of hydrogen-bond acceptors (Lipinski definition) is 9. The summed E-state index contributed by atoms with van der Waals surface area (Å²) in [5, 5.41) is 8.98. The van der Waals surface area contributed by atoms with Crippen LogP contribution in [-0.2, 0) is 4.79 Å². The van der Waals surface area contributed by atoms with Crippen LogP contribution >= 0.6 is 0 Å². The molecule has 0 unspecified atom stereocenters. The lowest BCUT2D eigenvalue weighted by atomic mass is 10.2. The molecule has 35 heavy (non-hydrogen) atoms. The van der Waals surface area contributed by atoms with Gasteiger partial charge in [0.05, 0.1) is 5.56 Å². The Kier molecular flexibility index (Phi) is 6.38. The van der Waals surface area contributed by atoms with Crippen LogP contribution in [0, 0.1) is 0 Å². The molecule has 0 radical (unpaired) electrons. The SMILES string of the molecule is CC(=O)Nc1cccc(Nc2ncnc(N3CCN(c4ncccc4C(=O)NC4CC4)CC3)n2)c1. The van der Waals surface area contributed by atoms with Crippen molar-refractivity contribution in [2.75, 3.05) is 46.6 Å². The lowest BCUT2D eigenvalue weighted by Gasteiger charge is -2.36. The molecule has 1 aromatic carbocycles. The highest BCUT2D eigenvalue weighted by molar-refractivity contribution is 5.99. The van der Waals surface area contributed by atoms with E-state index in [-0.39, 0.29) is 11.8 Å². The highest BCUT2D eigenvalue weighted by Gasteiger charge is 2.28. The van der Waals surface area contributed by atoms with E-state index in [2.05, 4.69) is 45.7 Å². The summed E-state index contributed by atoms with van der Waals surface area (Å²) in [5.74, 6) is 1.51. The second kappa shape index (κ2) is 9.92. The molecule has 2 amide bonds. The molecule has 3 N–H and O–H groups in total. The van der Waals surface area contributed by atoms with Gasteiger partial charge in [-0.25, -0.2) is 15.0 Å². The van der Waals surface area contributed by atoms with Crippen molar-refractivity contribution >= 4 is 40.9 Å². The number of hydrogen-bond donors (Lipinski definition) is 3. The number of benzene rings is 1. The number of rotatable bonds is 7. The molecule has 180 valence electrons. The number of aromatic nitrogens is 4. The summed E-state index contributed by atoms with van der Waals surface area (Å²) in [5.41, 5.74) is 2.05. The van der Waals surface area contributed by atoms with Crippen LogP contribution in [0.15, 0.2) is 48.9 Å². The van der Waals surface area contributed by atoms with E-state index in [0.29, 0.717) is 61.2 Å². The average molecular weight is 474 g/mol. The Bertz CT molecular complexity index is 1220. The zero-order valence-electron chi connectivity index (χ0n) is 19.4. The molecule has 2 aromatic heterocycles. The minimum Gasteiger partial charge on any atom is -0.352 e. The van der Waals surface area contributed by atoms with Crippen molar-refractivity contribution in [2.24, 2.45) is 0 Å². The number of amides is 2. The van der Waals surface area contributed by atoms with Gasteiger partial charge in [0.2, 0.25) is 17.8 Å². The zero-order chi connectivity index (χ0) is 24.2. The van der Waals surface area contributed by atoms with Gasteiger partial charge in [-0.2, -0.15) is 4.98 Å². The van der Waals surface area contributed by atoms with E-state index in [1.54, 1.807) is 12.3 Å². The van der Waals surface area contributed by atoms with Crippen molar-refractivity contribution in [3.05, 3.63) is 54.5 Å². The predicted molar refractivity (Wildman–Crippen MR) is 133 cm³/mol. The Morgan fingerprint density at radius 1 is 0.943 bits per heavy atom. The molecule has 2 fully saturated rings. The normalized spacial score (nSPS) is 15.5. The first-order valence-electron chi connectivity index (χ1n) is 11.6. The van der Waals surface area contributed by atoms with Crippen molar-refractivity contribution in [3.63, 3.8) is 0 Å². The van der Waals surface area contributed by atoms with Crippen LogP contribution in [0.25, 0.3) is 0 Å². The molecule has 5 rings (SSSR count). The van der Waals surface area contributed by atoms with Gasteiger partial charge in [0.25, 0.3) is 5.91 Å². The van der Waals surface area contributed by atoms with Crippen LogP contribution < -0.4 is 25.8 Å². The second-order valence-corrected chi connectivity index (χ2v) is 8.59. The molecule has 1 saturated carbocycles. The van der Waals surface area contributed by atoms with Crippen LogP contribution in [0.5, 0.6) is 0 Å². The van der Waals surface area contributed by atoms with Gasteiger partial charge in [-0.1, -0.05) is 6.07 Å². The Morgan fingerprint density at radius 2 is 1.71 bits per heavy atom. The molecule has 1 aliphatic heterocycles. The monoisotopic (exact) mass is 473 g/mol. The summed E-state index contributed by atoms with van der Waals surface area (Å²) in [7, 11) is 0. The fourth-order valence-electron chi connectivity index (χ4n) is 3.94. The van der Waals surface area contributed by atoms with E-state index < -0.39 is 0 Å². The van der Waals surface area contributed by atoms with E-state index in [0.717, 1.165) is 18.5 Å². The van der Waals surface area contributed by atoms with Gasteiger partial charge in [0.15, 0.2) is 0 Å². The van der Waals surface area contributed by atoms with Gasteiger partial charge < -0.3 is 25.8 Å². The standard InChI is InChI=1S/C24H27N9O2/c1-16(34)28-18-4-2-5-19(14-18)30-23-26-15-27-24(31-23)33-12-10-32(11-13-33)21-20(6-3-9-25-21)22(35)29-17-7-8-17/h2-6,9,14-15,17H,7-8,10-13H2,1H3,(H,28,34)(H,29,35)(H,26,27,30,31). The highest BCUT2D eigenvalue weighted by atomic mass is 16.2. The maximum absolute atomic E-state index is 12.7. The molecular weight excluding hydrogens is 446 g/mol. The van der Waals surface area contributed by atoms with Crippen molar-refractivity contribution < 1.29 is 9.59 Å². The van der Waals surface area contributed by atoms with E-state index in [1.807, 2.05) is 30.3 Å². The third-order valence-corrected chi connectivity index (χ3v) is 5.80. The van der Waals surface area contributed by atoms with Gasteiger partial charge >= 0.3 is 0 Å². The number of nitrogens with one attached hydrogen (secondary N) is 3. The van der Waals surface area contributed by atoms with Gasteiger partial charge in [-0.3, -0.25) is 9.59 Å². The number of carbonyl (C=O) groups is 2. The zero-order valence-corrected chi connectivity index (χ0v) is 19.4. The molecule has 1 aliphatic carbocycles. The molecular formula is C24H27N9O2. The molecule has 11 nitrogen and oxygen atoms in total. The van der Waals surface area contributed by atoms with Crippen molar-refractivity contribution in [1.82, 2.24) is 25.3 Å². The second-order valence-electron chi connectivity index (χ2n) is 8.59. The Labute approximate surface area is 203 Å². The quantitative estimate of drug-likeness (QED) is 0.473. The summed E-state index contributed by atoms with van der Waals surface area (Å²) in [6.07, 6.45) is 5.29. The smallest absolute Gasteiger partial charge is 0.255 e. The van der Waals surface area contributed by atoms with Crippen LogP contribution in [0.4, 0.5) is 29.1 Å². The first kappa shape index (κ1) is 22.5. The lowest BCUT2D eigenvalue weighted by Crippen LogP contribution is -2.48. The van der Waals surface area contributed by atoms with Gasteiger partial charge in [0, 0.05) is 56.7 Å². The Hall–Kier alpha value is -4.28. The number of carbonyl (C=O) groups excluding carboxylic acids is 2. The van der Waals surface area contributed by atoms with Crippen molar-refractivity contribution in [2.45, 2.75) is 25.8 Å². The topological polar surface area (TPSA) is 128 Å². The summed E-state index contributed by atoms with van der Waals surface area (Å²) in [6, 6.07) is 11.3. The number of anilines is 5. The minimum atomic E-state index is -0.134. The van der Waals surface area contributed by atoms with Crippen LogP contribution in [-0.4, -0.2) is 64.0 Å². The van der Waals surface area contributed by atoms with Crippen molar-refractivity contribution in [3.8, 4) is 0 Å². The average Bonchev–Trinajstić information content (AvgIpc) is 3.68. The molecule has 0 atom stereocenters. The Balaban J connectivity index is 1.23. The van der Waals surface area contributed by atoms with Crippen LogP contribution in [0.3, 0.4) is 0 Å². The molecule has 0 spiro atoms. The number of piperazine rings is 1. The summed E-state index contributed by atoms with van der Waals surface area (Å²) < 4.78 is 0. The maximum atomic E-state index is 12.7. The lowest BCUT2D eigenvalue weighted by molar-refractivity contribution is -0.114. The maximum Gasteiger partial charge on any atom is 0.255 e. The molecule has 11 heteroatoms. The minimum absolute atomic E-state index is 0.0613. The third-order valence-electron chi connectivity index (χ3n) is 5.80.